The molecule has 1 saturated heterocycles. The Morgan fingerprint density at radius 1 is 0.897 bits per heavy atom. The number of fused-ring (bicyclic) bond motifs is 1. The third kappa shape index (κ3) is 6.65. The van der Waals surface area contributed by atoms with Crippen molar-refractivity contribution in [3.63, 3.8) is 0 Å². The highest BCUT2D eigenvalue weighted by Gasteiger charge is 2.31. The minimum atomic E-state index is -0.601. The van der Waals surface area contributed by atoms with E-state index in [9.17, 15) is 14.4 Å². The predicted octanol–water partition coefficient (Wildman–Crippen LogP) is 4.61. The van der Waals surface area contributed by atoms with E-state index in [1.807, 2.05) is 58.1 Å². The molecule has 0 aliphatic carbocycles. The zero-order valence-electron chi connectivity index (χ0n) is 23.6. The molecule has 4 rings (SSSR count). The first-order valence-electron chi connectivity index (χ1n) is 13.3. The van der Waals surface area contributed by atoms with Crippen molar-refractivity contribution >= 4 is 23.5 Å². The van der Waals surface area contributed by atoms with Gasteiger partial charge in [-0.05, 0) is 78.6 Å². The van der Waals surface area contributed by atoms with E-state index in [-0.39, 0.29) is 24.3 Å². The smallest absolute Gasteiger partial charge is 0.340 e. The summed E-state index contributed by atoms with van der Waals surface area (Å²) in [6.07, 6.45) is 2.87. The molecule has 0 bridgehead atoms. The number of aromatic nitrogens is 2. The molecule has 1 aromatic carbocycles. The Labute approximate surface area is 229 Å². The van der Waals surface area contributed by atoms with E-state index in [1.54, 1.807) is 35.4 Å². The summed E-state index contributed by atoms with van der Waals surface area (Å²) >= 11 is 0. The normalized spacial score (nSPS) is 14.9. The minimum absolute atomic E-state index is 0.0692. The second-order valence-electron chi connectivity index (χ2n) is 11.9. The van der Waals surface area contributed by atoms with E-state index in [2.05, 4.69) is 0 Å². The lowest BCUT2D eigenvalue weighted by atomic mass is 9.96. The summed E-state index contributed by atoms with van der Waals surface area (Å²) in [7, 11) is 0. The summed E-state index contributed by atoms with van der Waals surface area (Å²) in [5.41, 5.74) is 8.87. The lowest BCUT2D eigenvalue weighted by molar-refractivity contribution is -0.161. The molecule has 0 spiro atoms. The summed E-state index contributed by atoms with van der Waals surface area (Å²) in [4.78, 5) is 44.6. The van der Waals surface area contributed by atoms with E-state index in [0.29, 0.717) is 48.4 Å². The number of hydrogen-bond acceptors (Lipinski definition) is 7. The number of piperidine rings is 1. The number of hydrogen-bond donors (Lipinski definition) is 1. The van der Waals surface area contributed by atoms with Crippen molar-refractivity contribution in [1.82, 2.24) is 14.3 Å². The molecule has 0 radical (unpaired) electrons. The maximum atomic E-state index is 13.1. The number of ether oxygens (including phenoxy) is 2. The molecule has 2 N–H and O–H groups in total. The zero-order valence-corrected chi connectivity index (χ0v) is 23.6. The Kier molecular flexibility index (Phi) is 7.84. The minimum Gasteiger partial charge on any atom is -0.460 e. The number of pyridine rings is 1. The Morgan fingerprint density at radius 3 is 2.05 bits per heavy atom. The molecule has 208 valence electrons. The van der Waals surface area contributed by atoms with Gasteiger partial charge in [-0.3, -0.25) is 9.59 Å². The second kappa shape index (κ2) is 10.8. The van der Waals surface area contributed by atoms with Crippen molar-refractivity contribution in [1.29, 1.82) is 0 Å². The van der Waals surface area contributed by atoms with Crippen LogP contribution in [0.3, 0.4) is 0 Å². The monoisotopic (exact) mass is 534 g/mol. The van der Waals surface area contributed by atoms with Gasteiger partial charge >= 0.3 is 11.9 Å². The number of nitrogens with two attached hydrogens (primary N) is 1. The highest BCUT2D eigenvalue weighted by molar-refractivity contribution is 5.95. The molecule has 2 aromatic heterocycles. The summed E-state index contributed by atoms with van der Waals surface area (Å²) in [5.74, 6) is -0.864. The molecule has 1 aliphatic rings. The maximum absolute atomic E-state index is 13.1. The van der Waals surface area contributed by atoms with Gasteiger partial charge in [0.2, 0.25) is 0 Å². The van der Waals surface area contributed by atoms with Gasteiger partial charge in [0.15, 0.2) is 0 Å². The maximum Gasteiger partial charge on any atom is 0.340 e. The zero-order chi connectivity index (χ0) is 28.5. The van der Waals surface area contributed by atoms with Crippen molar-refractivity contribution in [3.05, 3.63) is 59.4 Å². The molecule has 0 unspecified atom stereocenters. The van der Waals surface area contributed by atoms with Gasteiger partial charge in [0.05, 0.1) is 22.9 Å². The summed E-state index contributed by atoms with van der Waals surface area (Å²) in [6, 6.07) is 10.7. The first-order chi connectivity index (χ1) is 18.3. The van der Waals surface area contributed by atoms with E-state index < -0.39 is 17.2 Å². The van der Waals surface area contributed by atoms with E-state index in [4.69, 9.17) is 20.2 Å². The molecule has 9 nitrogen and oxygen atoms in total. The highest BCUT2D eigenvalue weighted by Crippen LogP contribution is 2.27. The topological polar surface area (TPSA) is 116 Å². The van der Waals surface area contributed by atoms with Crippen molar-refractivity contribution < 1.29 is 23.9 Å². The number of rotatable bonds is 5. The van der Waals surface area contributed by atoms with E-state index >= 15 is 0 Å². The number of benzene rings is 1. The number of nitrogens with zero attached hydrogens (tertiary/aromatic N) is 3. The van der Waals surface area contributed by atoms with E-state index in [1.165, 1.54) is 0 Å². The number of esters is 2. The summed E-state index contributed by atoms with van der Waals surface area (Å²) in [6.45, 7) is 12.3. The van der Waals surface area contributed by atoms with Gasteiger partial charge < -0.3 is 24.5 Å². The average Bonchev–Trinajstić information content (AvgIpc) is 3.24. The predicted molar refractivity (Wildman–Crippen MR) is 148 cm³/mol. The number of amides is 1. The van der Waals surface area contributed by atoms with Gasteiger partial charge in [0.25, 0.3) is 5.91 Å². The van der Waals surface area contributed by atoms with Crippen LogP contribution in [0.4, 0.5) is 0 Å². The Bertz CT molecular complexity index is 1370. The SMILES string of the molecule is CC(C)(C)OC(=O)c1ccc2nc(-c3ccc(C(=O)N4CCC(C(=O)OC(C)(C)C)CC4)cc3)c(CN)n2c1. The third-order valence-corrected chi connectivity index (χ3v) is 6.47. The van der Waals surface area contributed by atoms with Crippen LogP contribution >= 0.6 is 0 Å². The van der Waals surface area contributed by atoms with Gasteiger partial charge in [-0.15, -0.1) is 0 Å². The Hall–Kier alpha value is -3.72. The van der Waals surface area contributed by atoms with Crippen LogP contribution in [0.25, 0.3) is 16.9 Å². The molecular weight excluding hydrogens is 496 g/mol. The quantitative estimate of drug-likeness (QED) is 0.475. The number of carbonyl (C=O) groups excluding carboxylic acids is 3. The lowest BCUT2D eigenvalue weighted by Crippen LogP contribution is -2.41. The molecule has 39 heavy (non-hydrogen) atoms. The fourth-order valence-electron chi connectivity index (χ4n) is 4.63. The molecule has 1 amide bonds. The van der Waals surface area contributed by atoms with Gasteiger partial charge in [0.1, 0.15) is 16.8 Å². The standard InChI is InChI=1S/C30H38N4O5/c1-29(2,3)38-27(36)21-13-15-33(16-14-21)26(35)20-9-7-19(8-10-20)25-23(17-31)34-18-22(11-12-24(34)32-25)28(37)39-30(4,5)6/h7-12,18,21H,13-17,31H2,1-6H3. The molecule has 0 saturated carbocycles. The van der Waals surface area contributed by atoms with Crippen LogP contribution in [-0.2, 0) is 20.8 Å². The second-order valence-corrected chi connectivity index (χ2v) is 11.9. The Balaban J connectivity index is 1.48. The van der Waals surface area contributed by atoms with E-state index in [0.717, 1.165) is 11.3 Å². The van der Waals surface area contributed by atoms with Crippen molar-refractivity contribution in [3.8, 4) is 11.3 Å². The van der Waals surface area contributed by atoms with Crippen LogP contribution in [0.5, 0.6) is 0 Å². The first-order valence-corrected chi connectivity index (χ1v) is 13.3. The third-order valence-electron chi connectivity index (χ3n) is 6.47. The fourth-order valence-corrected chi connectivity index (χ4v) is 4.63. The number of carbonyl (C=O) groups is 3. The summed E-state index contributed by atoms with van der Waals surface area (Å²) < 4.78 is 12.8. The molecular formula is C30H38N4O5. The van der Waals surface area contributed by atoms with Gasteiger partial charge in [-0.1, -0.05) is 12.1 Å². The van der Waals surface area contributed by atoms with Crippen LogP contribution < -0.4 is 5.73 Å². The molecule has 0 atom stereocenters. The van der Waals surface area contributed by atoms with Gasteiger partial charge in [0, 0.05) is 37.0 Å². The van der Waals surface area contributed by atoms with Gasteiger partial charge in [-0.25, -0.2) is 9.78 Å². The molecule has 9 heteroatoms. The Morgan fingerprint density at radius 2 is 1.49 bits per heavy atom. The molecule has 1 fully saturated rings. The molecule has 3 heterocycles. The number of likely N-dealkylation sites (tertiary alicyclic amines) is 1. The van der Waals surface area contributed by atoms with Crippen molar-refractivity contribution in [2.24, 2.45) is 11.7 Å². The largest absolute Gasteiger partial charge is 0.460 e. The fraction of sp³-hybridized carbons (Fsp3) is 0.467. The molecule has 1 aliphatic heterocycles. The van der Waals surface area contributed by atoms with Crippen molar-refractivity contribution in [2.75, 3.05) is 13.1 Å². The van der Waals surface area contributed by atoms with Crippen LogP contribution in [0.15, 0.2) is 42.6 Å². The van der Waals surface area contributed by atoms with Gasteiger partial charge in [-0.2, -0.15) is 0 Å². The summed E-state index contributed by atoms with van der Waals surface area (Å²) in [5, 5.41) is 0. The number of imidazole rings is 1. The van der Waals surface area contributed by atoms with Crippen molar-refractivity contribution in [2.45, 2.75) is 72.1 Å². The molecule has 3 aromatic rings. The van der Waals surface area contributed by atoms with Crippen LogP contribution in [0.1, 0.15) is 80.8 Å². The highest BCUT2D eigenvalue weighted by atomic mass is 16.6. The first kappa shape index (κ1) is 28.3. The van der Waals surface area contributed by atoms with Crippen LogP contribution in [0, 0.1) is 5.92 Å². The van der Waals surface area contributed by atoms with Crippen LogP contribution in [0.2, 0.25) is 0 Å². The average molecular weight is 535 g/mol. The lowest BCUT2D eigenvalue weighted by Gasteiger charge is -2.32. The van der Waals surface area contributed by atoms with Crippen LogP contribution in [-0.4, -0.2) is 56.4 Å².